The molecule has 4 heteroatoms. The van der Waals surface area contributed by atoms with Crippen LogP contribution in [0.3, 0.4) is 0 Å². The zero-order valence-electron chi connectivity index (χ0n) is 11.2. The van der Waals surface area contributed by atoms with Crippen molar-refractivity contribution in [1.29, 1.82) is 0 Å². The predicted octanol–water partition coefficient (Wildman–Crippen LogP) is 3.95. The van der Waals surface area contributed by atoms with Crippen molar-refractivity contribution in [2.24, 2.45) is 0 Å². The zero-order chi connectivity index (χ0) is 14.9. The molecule has 0 unspecified atom stereocenters. The van der Waals surface area contributed by atoms with E-state index in [2.05, 4.69) is 0 Å². The highest BCUT2D eigenvalue weighted by Crippen LogP contribution is 2.22. The molecule has 21 heavy (non-hydrogen) atoms. The lowest BCUT2D eigenvalue weighted by molar-refractivity contribution is 0.587. The first-order valence-electron chi connectivity index (χ1n) is 6.51. The number of benzene rings is 3. The van der Waals surface area contributed by atoms with Crippen LogP contribution < -0.4 is 0 Å². The van der Waals surface area contributed by atoms with Gasteiger partial charge in [-0.25, -0.2) is 12.8 Å². The molecule has 0 bridgehead atoms. The summed E-state index contributed by atoms with van der Waals surface area (Å²) in [5, 5.41) is 1.83. The fourth-order valence-electron chi connectivity index (χ4n) is 2.26. The molecule has 3 aromatic rings. The Labute approximate surface area is 122 Å². The van der Waals surface area contributed by atoms with Crippen molar-refractivity contribution >= 4 is 20.6 Å². The third kappa shape index (κ3) is 2.81. The first-order chi connectivity index (χ1) is 10.1. The van der Waals surface area contributed by atoms with Gasteiger partial charge in [0.1, 0.15) is 5.82 Å². The Morgan fingerprint density at radius 2 is 1.48 bits per heavy atom. The molecule has 0 atom stereocenters. The van der Waals surface area contributed by atoms with Crippen LogP contribution in [0.1, 0.15) is 5.56 Å². The van der Waals surface area contributed by atoms with Crippen LogP contribution in [0.5, 0.6) is 0 Å². The van der Waals surface area contributed by atoms with Gasteiger partial charge in [-0.2, -0.15) is 0 Å². The minimum absolute atomic E-state index is 0.186. The summed E-state index contributed by atoms with van der Waals surface area (Å²) >= 11 is 0. The van der Waals surface area contributed by atoms with Gasteiger partial charge < -0.3 is 0 Å². The highest BCUT2D eigenvalue weighted by atomic mass is 32.2. The van der Waals surface area contributed by atoms with E-state index in [9.17, 15) is 12.8 Å². The highest BCUT2D eigenvalue weighted by Gasteiger charge is 2.17. The third-order valence-electron chi connectivity index (χ3n) is 3.38. The normalized spacial score (nSPS) is 11.7. The zero-order valence-corrected chi connectivity index (χ0v) is 12.0. The van der Waals surface area contributed by atoms with Crippen molar-refractivity contribution in [3.05, 3.63) is 78.1 Å². The van der Waals surface area contributed by atoms with E-state index in [1.54, 1.807) is 30.3 Å². The summed E-state index contributed by atoms with van der Waals surface area (Å²) in [5.41, 5.74) is 0.186. The number of halogens is 1. The lowest BCUT2D eigenvalue weighted by Gasteiger charge is -2.07. The van der Waals surface area contributed by atoms with E-state index in [1.165, 1.54) is 12.1 Å². The fourth-order valence-corrected chi connectivity index (χ4v) is 3.66. The molecule has 3 aromatic carbocycles. The largest absolute Gasteiger partial charge is 0.223 e. The summed E-state index contributed by atoms with van der Waals surface area (Å²) in [5.74, 6) is -0.834. The molecule has 0 N–H and O–H groups in total. The van der Waals surface area contributed by atoms with Gasteiger partial charge in [0, 0.05) is 5.56 Å². The van der Waals surface area contributed by atoms with Crippen LogP contribution in [0.2, 0.25) is 0 Å². The van der Waals surface area contributed by atoms with Gasteiger partial charge in [0.2, 0.25) is 0 Å². The van der Waals surface area contributed by atoms with Crippen LogP contribution >= 0.6 is 0 Å². The smallest absolute Gasteiger partial charge is 0.182 e. The molecule has 0 saturated heterocycles. The molecule has 2 nitrogen and oxygen atoms in total. The summed E-state index contributed by atoms with van der Waals surface area (Å²) in [6.45, 7) is 0. The van der Waals surface area contributed by atoms with E-state index in [0.29, 0.717) is 0 Å². The average Bonchev–Trinajstić information content (AvgIpc) is 2.49. The molecule has 0 saturated carbocycles. The lowest BCUT2D eigenvalue weighted by Crippen LogP contribution is -2.06. The summed E-state index contributed by atoms with van der Waals surface area (Å²) in [6, 6.07) is 18.4. The topological polar surface area (TPSA) is 34.1 Å². The van der Waals surface area contributed by atoms with Gasteiger partial charge in [-0.15, -0.1) is 0 Å². The molecule has 3 rings (SSSR count). The van der Waals surface area contributed by atoms with Crippen molar-refractivity contribution in [2.75, 3.05) is 0 Å². The average molecular weight is 300 g/mol. The molecular formula is C17H13FO2S. The molecule has 0 aliphatic rings. The van der Waals surface area contributed by atoms with Gasteiger partial charge in [-0.1, -0.05) is 48.5 Å². The number of fused-ring (bicyclic) bond motifs is 1. The monoisotopic (exact) mass is 300 g/mol. The second-order valence-electron chi connectivity index (χ2n) is 4.86. The van der Waals surface area contributed by atoms with E-state index in [4.69, 9.17) is 0 Å². The molecular weight excluding hydrogens is 287 g/mol. The maximum Gasteiger partial charge on any atom is 0.182 e. The first kappa shape index (κ1) is 13.8. The molecule has 106 valence electrons. The van der Waals surface area contributed by atoms with Crippen LogP contribution in [-0.2, 0) is 15.6 Å². The second-order valence-corrected chi connectivity index (χ2v) is 6.85. The van der Waals surface area contributed by atoms with Gasteiger partial charge in [0.15, 0.2) is 9.84 Å². The van der Waals surface area contributed by atoms with E-state index in [1.807, 2.05) is 24.3 Å². The Morgan fingerprint density at radius 1 is 0.810 bits per heavy atom. The maximum atomic E-state index is 13.6. The standard InChI is InChI=1S/C17H13FO2S/c18-17-8-4-3-7-15(17)12-21(19,20)16-10-9-13-5-1-2-6-14(13)11-16/h1-11H,12H2. The van der Waals surface area contributed by atoms with Gasteiger partial charge in [-0.05, 0) is 29.0 Å². The third-order valence-corrected chi connectivity index (χ3v) is 5.05. The Balaban J connectivity index is 2.02. The van der Waals surface area contributed by atoms with Gasteiger partial charge >= 0.3 is 0 Å². The SMILES string of the molecule is O=S(=O)(Cc1ccccc1F)c1ccc2ccccc2c1. The molecule has 0 aliphatic carbocycles. The van der Waals surface area contributed by atoms with E-state index >= 15 is 0 Å². The van der Waals surface area contributed by atoms with E-state index < -0.39 is 15.7 Å². The highest BCUT2D eigenvalue weighted by molar-refractivity contribution is 7.90. The number of rotatable bonds is 3. The quantitative estimate of drug-likeness (QED) is 0.734. The molecule has 0 aliphatic heterocycles. The number of sulfone groups is 1. The molecule has 0 aromatic heterocycles. The van der Waals surface area contributed by atoms with Crippen molar-refractivity contribution in [3.8, 4) is 0 Å². The Bertz CT molecular complexity index is 901. The molecule has 0 radical (unpaired) electrons. The Hall–Kier alpha value is -2.20. The number of hydrogen-bond acceptors (Lipinski definition) is 2. The molecule has 0 heterocycles. The van der Waals surface area contributed by atoms with Crippen LogP contribution in [0.25, 0.3) is 10.8 Å². The summed E-state index contributed by atoms with van der Waals surface area (Å²) < 4.78 is 38.5. The molecule has 0 spiro atoms. The Kier molecular flexibility index (Phi) is 3.47. The Morgan fingerprint density at radius 3 is 2.24 bits per heavy atom. The summed E-state index contributed by atoms with van der Waals surface area (Å²) in [7, 11) is -3.57. The molecule has 0 fully saturated rings. The van der Waals surface area contributed by atoms with E-state index in [-0.39, 0.29) is 16.2 Å². The molecule has 0 amide bonds. The van der Waals surface area contributed by atoms with E-state index in [0.717, 1.165) is 10.8 Å². The van der Waals surface area contributed by atoms with Crippen LogP contribution in [0, 0.1) is 5.82 Å². The maximum absolute atomic E-state index is 13.6. The van der Waals surface area contributed by atoms with Gasteiger partial charge in [0.25, 0.3) is 0 Å². The van der Waals surface area contributed by atoms with Crippen molar-refractivity contribution in [3.63, 3.8) is 0 Å². The number of hydrogen-bond donors (Lipinski definition) is 0. The van der Waals surface area contributed by atoms with Crippen LogP contribution in [0.4, 0.5) is 4.39 Å². The minimum atomic E-state index is -3.57. The fraction of sp³-hybridized carbons (Fsp3) is 0.0588. The van der Waals surface area contributed by atoms with Crippen molar-refractivity contribution < 1.29 is 12.8 Å². The summed E-state index contributed by atoms with van der Waals surface area (Å²) in [6.07, 6.45) is 0. The van der Waals surface area contributed by atoms with Crippen LogP contribution in [0.15, 0.2) is 71.6 Å². The van der Waals surface area contributed by atoms with Crippen LogP contribution in [-0.4, -0.2) is 8.42 Å². The van der Waals surface area contributed by atoms with Gasteiger partial charge in [-0.3, -0.25) is 0 Å². The van der Waals surface area contributed by atoms with Crippen molar-refractivity contribution in [1.82, 2.24) is 0 Å². The van der Waals surface area contributed by atoms with Gasteiger partial charge in [0.05, 0.1) is 10.6 Å². The lowest BCUT2D eigenvalue weighted by atomic mass is 10.1. The van der Waals surface area contributed by atoms with Crippen molar-refractivity contribution in [2.45, 2.75) is 10.6 Å². The first-order valence-corrected chi connectivity index (χ1v) is 8.16. The summed E-state index contributed by atoms with van der Waals surface area (Å²) in [4.78, 5) is 0.212. The predicted molar refractivity (Wildman–Crippen MR) is 81.2 cm³/mol. The minimum Gasteiger partial charge on any atom is -0.223 e. The second kappa shape index (κ2) is 5.30.